The van der Waals surface area contributed by atoms with Crippen molar-refractivity contribution in [2.45, 2.75) is 26.7 Å². The predicted molar refractivity (Wildman–Crippen MR) is 98.9 cm³/mol. The van der Waals surface area contributed by atoms with Gasteiger partial charge in [0, 0.05) is 0 Å². The van der Waals surface area contributed by atoms with Gasteiger partial charge in [-0.1, -0.05) is 38.1 Å². The first kappa shape index (κ1) is 19.3. The number of amides is 2. The summed E-state index contributed by atoms with van der Waals surface area (Å²) in [7, 11) is 0. The van der Waals surface area contributed by atoms with Crippen LogP contribution < -0.4 is 20.3 Å². The molecule has 2 N–H and O–H groups in total. The molecule has 2 rings (SSSR count). The summed E-state index contributed by atoms with van der Waals surface area (Å²) in [5, 5.41) is 0. The number of ether oxygens (including phenoxy) is 2. The average molecular weight is 356 g/mol. The molecule has 0 radical (unpaired) electrons. The van der Waals surface area contributed by atoms with Crippen LogP contribution in [-0.2, 0) is 22.4 Å². The first-order valence-corrected chi connectivity index (χ1v) is 8.62. The molecular formula is C20H24N2O4. The van der Waals surface area contributed by atoms with Gasteiger partial charge in [0.2, 0.25) is 0 Å². The predicted octanol–water partition coefficient (Wildman–Crippen LogP) is 2.42. The third kappa shape index (κ3) is 6.47. The van der Waals surface area contributed by atoms with Gasteiger partial charge in [0.05, 0.1) is 0 Å². The van der Waals surface area contributed by atoms with Crippen molar-refractivity contribution in [3.8, 4) is 11.5 Å². The summed E-state index contributed by atoms with van der Waals surface area (Å²) in [6.07, 6.45) is 1.88. The van der Waals surface area contributed by atoms with Crippen LogP contribution in [0.4, 0.5) is 0 Å². The number of nitrogens with one attached hydrogen (secondary N) is 2. The molecule has 138 valence electrons. The number of aryl methyl sites for hydroxylation is 2. The highest BCUT2D eigenvalue weighted by Gasteiger charge is 2.07. The third-order valence-electron chi connectivity index (χ3n) is 3.74. The second-order valence-corrected chi connectivity index (χ2v) is 5.67. The van der Waals surface area contributed by atoms with E-state index in [9.17, 15) is 9.59 Å². The number of hydrogen-bond acceptors (Lipinski definition) is 4. The Morgan fingerprint density at radius 3 is 1.35 bits per heavy atom. The maximum atomic E-state index is 11.7. The van der Waals surface area contributed by atoms with Gasteiger partial charge in [-0.05, 0) is 48.2 Å². The molecule has 0 heterocycles. The largest absolute Gasteiger partial charge is 0.484 e. The second kappa shape index (κ2) is 10.1. The molecule has 0 saturated carbocycles. The Labute approximate surface area is 153 Å². The Balaban J connectivity index is 1.64. The fourth-order valence-corrected chi connectivity index (χ4v) is 2.15. The van der Waals surface area contributed by atoms with Crippen molar-refractivity contribution in [3.05, 3.63) is 59.7 Å². The standard InChI is InChI=1S/C20H24N2O4/c1-3-15-5-9-17(10-6-15)25-13-19(23)21-22-20(24)14-26-18-11-7-16(4-2)8-12-18/h5-12H,3-4,13-14H2,1-2H3,(H,21,23)(H,22,24). The van der Waals surface area contributed by atoms with Crippen LogP contribution in [0.1, 0.15) is 25.0 Å². The molecule has 0 saturated heterocycles. The van der Waals surface area contributed by atoms with E-state index in [0.717, 1.165) is 12.8 Å². The molecule has 0 aliphatic rings. The van der Waals surface area contributed by atoms with E-state index in [1.807, 2.05) is 48.5 Å². The van der Waals surface area contributed by atoms with E-state index in [2.05, 4.69) is 24.7 Å². The van der Waals surface area contributed by atoms with Gasteiger partial charge in [-0.2, -0.15) is 0 Å². The molecule has 0 atom stereocenters. The molecular weight excluding hydrogens is 332 g/mol. The average Bonchev–Trinajstić information content (AvgIpc) is 2.69. The van der Waals surface area contributed by atoms with Crippen LogP contribution in [0.25, 0.3) is 0 Å². The molecule has 0 spiro atoms. The zero-order valence-corrected chi connectivity index (χ0v) is 15.1. The third-order valence-corrected chi connectivity index (χ3v) is 3.74. The molecule has 0 aliphatic carbocycles. The van der Waals surface area contributed by atoms with Crippen LogP contribution >= 0.6 is 0 Å². The lowest BCUT2D eigenvalue weighted by Gasteiger charge is -2.10. The van der Waals surface area contributed by atoms with Gasteiger partial charge in [-0.15, -0.1) is 0 Å². The van der Waals surface area contributed by atoms with E-state index < -0.39 is 11.8 Å². The van der Waals surface area contributed by atoms with E-state index in [1.54, 1.807) is 0 Å². The lowest BCUT2D eigenvalue weighted by molar-refractivity contribution is -0.131. The van der Waals surface area contributed by atoms with E-state index >= 15 is 0 Å². The number of carbonyl (C=O) groups is 2. The summed E-state index contributed by atoms with van der Waals surface area (Å²) in [5.41, 5.74) is 6.96. The minimum atomic E-state index is -0.454. The zero-order chi connectivity index (χ0) is 18.8. The first-order valence-electron chi connectivity index (χ1n) is 8.62. The summed E-state index contributed by atoms with van der Waals surface area (Å²) in [5.74, 6) is 0.292. The summed E-state index contributed by atoms with van der Waals surface area (Å²) in [6, 6.07) is 15.0. The fourth-order valence-electron chi connectivity index (χ4n) is 2.15. The Kier molecular flexibility index (Phi) is 7.49. The molecule has 0 fully saturated rings. The van der Waals surface area contributed by atoms with Gasteiger partial charge < -0.3 is 9.47 Å². The Hall–Kier alpha value is -3.02. The highest BCUT2D eigenvalue weighted by molar-refractivity contribution is 5.83. The molecule has 0 aromatic heterocycles. The lowest BCUT2D eigenvalue weighted by Crippen LogP contribution is -2.45. The van der Waals surface area contributed by atoms with Crippen LogP contribution in [0.15, 0.2) is 48.5 Å². The highest BCUT2D eigenvalue weighted by atomic mass is 16.5. The van der Waals surface area contributed by atoms with Crippen molar-refractivity contribution >= 4 is 11.8 Å². The number of hydrazine groups is 1. The summed E-state index contributed by atoms with van der Waals surface area (Å²) in [4.78, 5) is 23.4. The Morgan fingerprint density at radius 2 is 1.04 bits per heavy atom. The van der Waals surface area contributed by atoms with Gasteiger partial charge in [-0.3, -0.25) is 20.4 Å². The van der Waals surface area contributed by atoms with E-state index in [0.29, 0.717) is 11.5 Å². The maximum absolute atomic E-state index is 11.7. The topological polar surface area (TPSA) is 76.7 Å². The van der Waals surface area contributed by atoms with Crippen molar-refractivity contribution in [2.24, 2.45) is 0 Å². The number of benzene rings is 2. The van der Waals surface area contributed by atoms with Gasteiger partial charge >= 0.3 is 0 Å². The molecule has 6 nitrogen and oxygen atoms in total. The SMILES string of the molecule is CCc1ccc(OCC(=O)NNC(=O)COc2ccc(CC)cc2)cc1. The van der Waals surface area contributed by atoms with Crippen LogP contribution in [-0.4, -0.2) is 25.0 Å². The summed E-state index contributed by atoms with van der Waals surface area (Å²) < 4.78 is 10.7. The van der Waals surface area contributed by atoms with Crippen LogP contribution in [0, 0.1) is 0 Å². The lowest BCUT2D eigenvalue weighted by atomic mass is 10.2. The zero-order valence-electron chi connectivity index (χ0n) is 15.1. The normalized spacial score (nSPS) is 10.1. The minimum Gasteiger partial charge on any atom is -0.484 e. The Morgan fingerprint density at radius 1 is 0.692 bits per heavy atom. The van der Waals surface area contributed by atoms with Crippen molar-refractivity contribution in [2.75, 3.05) is 13.2 Å². The number of hydrogen-bond donors (Lipinski definition) is 2. The van der Waals surface area contributed by atoms with Crippen molar-refractivity contribution in [1.82, 2.24) is 10.9 Å². The number of rotatable bonds is 8. The minimum absolute atomic E-state index is 0.189. The molecule has 2 amide bonds. The highest BCUT2D eigenvalue weighted by Crippen LogP contribution is 2.13. The first-order chi connectivity index (χ1) is 12.6. The van der Waals surface area contributed by atoms with Gasteiger partial charge in [0.25, 0.3) is 11.8 Å². The van der Waals surface area contributed by atoms with Crippen molar-refractivity contribution < 1.29 is 19.1 Å². The number of carbonyl (C=O) groups excluding carboxylic acids is 2. The second-order valence-electron chi connectivity index (χ2n) is 5.67. The van der Waals surface area contributed by atoms with E-state index in [1.165, 1.54) is 11.1 Å². The molecule has 2 aromatic carbocycles. The fraction of sp³-hybridized carbons (Fsp3) is 0.300. The smallest absolute Gasteiger partial charge is 0.276 e. The van der Waals surface area contributed by atoms with Crippen LogP contribution in [0.2, 0.25) is 0 Å². The van der Waals surface area contributed by atoms with Crippen LogP contribution in [0.5, 0.6) is 11.5 Å². The summed E-state index contributed by atoms with van der Waals surface area (Å²) >= 11 is 0. The van der Waals surface area contributed by atoms with Crippen molar-refractivity contribution in [1.29, 1.82) is 0 Å². The molecule has 0 unspecified atom stereocenters. The van der Waals surface area contributed by atoms with Crippen molar-refractivity contribution in [3.63, 3.8) is 0 Å². The van der Waals surface area contributed by atoms with E-state index in [-0.39, 0.29) is 13.2 Å². The molecule has 2 aromatic rings. The Bertz CT molecular complexity index is 648. The molecule has 0 bridgehead atoms. The molecule has 6 heteroatoms. The quantitative estimate of drug-likeness (QED) is 0.712. The molecule has 26 heavy (non-hydrogen) atoms. The van der Waals surface area contributed by atoms with Gasteiger partial charge in [0.1, 0.15) is 11.5 Å². The van der Waals surface area contributed by atoms with E-state index in [4.69, 9.17) is 9.47 Å². The summed E-state index contributed by atoms with van der Waals surface area (Å²) in [6.45, 7) is 3.75. The maximum Gasteiger partial charge on any atom is 0.276 e. The van der Waals surface area contributed by atoms with Gasteiger partial charge in [-0.25, -0.2) is 0 Å². The van der Waals surface area contributed by atoms with Crippen LogP contribution in [0.3, 0.4) is 0 Å². The molecule has 0 aliphatic heterocycles. The monoisotopic (exact) mass is 356 g/mol. The van der Waals surface area contributed by atoms with Gasteiger partial charge in [0.15, 0.2) is 13.2 Å².